The fourth-order valence-electron chi connectivity index (χ4n) is 3.41. The molecule has 15 heavy (non-hydrogen) atoms. The first-order valence-electron chi connectivity index (χ1n) is 5.77. The zero-order valence-electron chi connectivity index (χ0n) is 8.79. The molecule has 0 bridgehead atoms. The Labute approximate surface area is 89.1 Å². The highest BCUT2D eigenvalue weighted by Gasteiger charge is 2.50. The Hall–Kier alpha value is -1.12. The van der Waals surface area contributed by atoms with Gasteiger partial charge >= 0.3 is 0 Å². The Morgan fingerprint density at radius 3 is 2.93 bits per heavy atom. The predicted molar refractivity (Wildman–Crippen MR) is 55.2 cm³/mol. The molecule has 0 saturated carbocycles. The van der Waals surface area contributed by atoms with E-state index >= 15 is 0 Å². The molecule has 0 N–H and O–H groups in total. The maximum atomic E-state index is 11.9. The molecule has 1 spiro atoms. The number of hydrogen-bond donors (Lipinski definition) is 0. The van der Waals surface area contributed by atoms with Crippen LogP contribution < -0.4 is 0 Å². The quantitative estimate of drug-likeness (QED) is 0.600. The van der Waals surface area contributed by atoms with Crippen LogP contribution >= 0.6 is 0 Å². The summed E-state index contributed by atoms with van der Waals surface area (Å²) < 4.78 is 0. The minimum Gasteiger partial charge on any atom is -0.333 e. The van der Waals surface area contributed by atoms with Gasteiger partial charge in [-0.05, 0) is 37.3 Å². The van der Waals surface area contributed by atoms with Gasteiger partial charge in [0.25, 0.3) is 0 Å². The van der Waals surface area contributed by atoms with Crippen LogP contribution in [-0.4, -0.2) is 28.7 Å². The molecule has 0 aromatic heterocycles. The minimum absolute atomic E-state index is 0.176. The van der Waals surface area contributed by atoms with Gasteiger partial charge in [0, 0.05) is 19.4 Å². The van der Waals surface area contributed by atoms with Gasteiger partial charge < -0.3 is 4.90 Å². The van der Waals surface area contributed by atoms with Gasteiger partial charge in [0.15, 0.2) is 5.78 Å². The van der Waals surface area contributed by atoms with Crippen molar-refractivity contribution in [3.8, 4) is 0 Å². The first kappa shape index (κ1) is 9.13. The summed E-state index contributed by atoms with van der Waals surface area (Å²) in [5.41, 5.74) is 1.06. The van der Waals surface area contributed by atoms with Crippen molar-refractivity contribution in [3.05, 3.63) is 11.6 Å². The number of carbonyl (C=O) groups is 2. The first-order chi connectivity index (χ1) is 7.22. The summed E-state index contributed by atoms with van der Waals surface area (Å²) >= 11 is 0. The summed E-state index contributed by atoms with van der Waals surface area (Å²) in [6.45, 7) is 0.851. The Bertz CT molecular complexity index is 372. The molecule has 1 unspecified atom stereocenters. The fraction of sp³-hybridized carbons (Fsp3) is 0.667. The molecule has 0 aromatic carbocycles. The molecule has 1 atom stereocenters. The van der Waals surface area contributed by atoms with Crippen LogP contribution in [0.2, 0.25) is 0 Å². The average molecular weight is 205 g/mol. The van der Waals surface area contributed by atoms with Gasteiger partial charge in [-0.1, -0.05) is 0 Å². The molecule has 0 radical (unpaired) electrons. The van der Waals surface area contributed by atoms with Gasteiger partial charge in [-0.2, -0.15) is 0 Å². The van der Waals surface area contributed by atoms with E-state index in [0.717, 1.165) is 32.2 Å². The Morgan fingerprint density at radius 2 is 2.07 bits per heavy atom. The largest absolute Gasteiger partial charge is 0.333 e. The molecule has 2 fully saturated rings. The summed E-state index contributed by atoms with van der Waals surface area (Å²) in [5.74, 6) is 0.470. The fourth-order valence-corrected chi connectivity index (χ4v) is 3.41. The zero-order chi connectivity index (χ0) is 10.5. The highest BCUT2D eigenvalue weighted by Crippen LogP contribution is 2.46. The first-order valence-corrected chi connectivity index (χ1v) is 5.77. The number of allylic oxidation sites excluding steroid dienone is 1. The smallest absolute Gasteiger partial charge is 0.223 e. The number of ketones is 1. The summed E-state index contributed by atoms with van der Waals surface area (Å²) in [6, 6.07) is 0. The molecular weight excluding hydrogens is 190 g/mol. The van der Waals surface area contributed by atoms with Gasteiger partial charge in [0.1, 0.15) is 0 Å². The maximum Gasteiger partial charge on any atom is 0.223 e. The van der Waals surface area contributed by atoms with Crippen molar-refractivity contribution in [2.75, 3.05) is 6.54 Å². The molecule has 2 heterocycles. The van der Waals surface area contributed by atoms with E-state index in [1.54, 1.807) is 6.08 Å². The van der Waals surface area contributed by atoms with Gasteiger partial charge in [-0.3, -0.25) is 9.59 Å². The maximum absolute atomic E-state index is 11.9. The Kier molecular flexibility index (Phi) is 1.79. The second-order valence-electron chi connectivity index (χ2n) is 4.85. The Balaban J connectivity index is 2.08. The van der Waals surface area contributed by atoms with Crippen LogP contribution in [0.4, 0.5) is 0 Å². The second kappa shape index (κ2) is 2.94. The van der Waals surface area contributed by atoms with E-state index in [0.29, 0.717) is 12.8 Å². The van der Waals surface area contributed by atoms with E-state index in [-0.39, 0.29) is 17.2 Å². The third kappa shape index (κ3) is 1.12. The summed E-state index contributed by atoms with van der Waals surface area (Å²) in [7, 11) is 0. The van der Waals surface area contributed by atoms with Crippen LogP contribution in [0.3, 0.4) is 0 Å². The van der Waals surface area contributed by atoms with Gasteiger partial charge in [0.05, 0.1) is 5.54 Å². The number of nitrogens with zero attached hydrogens (tertiary/aromatic N) is 1. The van der Waals surface area contributed by atoms with Crippen molar-refractivity contribution >= 4 is 11.7 Å². The van der Waals surface area contributed by atoms with Crippen molar-refractivity contribution in [2.45, 2.75) is 44.1 Å². The monoisotopic (exact) mass is 205 g/mol. The lowest BCUT2D eigenvalue weighted by Gasteiger charge is -2.35. The van der Waals surface area contributed by atoms with Gasteiger partial charge in [-0.15, -0.1) is 0 Å². The van der Waals surface area contributed by atoms with Crippen molar-refractivity contribution in [3.63, 3.8) is 0 Å². The zero-order valence-corrected chi connectivity index (χ0v) is 8.79. The summed E-state index contributed by atoms with van der Waals surface area (Å²) in [4.78, 5) is 25.5. The van der Waals surface area contributed by atoms with Crippen LogP contribution in [0, 0.1) is 0 Å². The lowest BCUT2D eigenvalue weighted by molar-refractivity contribution is -0.134. The predicted octanol–water partition coefficient (Wildman–Crippen LogP) is 1.43. The second-order valence-corrected chi connectivity index (χ2v) is 4.85. The van der Waals surface area contributed by atoms with Crippen LogP contribution in [-0.2, 0) is 9.59 Å². The van der Waals surface area contributed by atoms with Crippen LogP contribution in [0.25, 0.3) is 0 Å². The number of hydrogen-bond acceptors (Lipinski definition) is 2. The van der Waals surface area contributed by atoms with Gasteiger partial charge in [-0.25, -0.2) is 0 Å². The number of rotatable bonds is 0. The minimum atomic E-state index is -0.176. The highest BCUT2D eigenvalue weighted by molar-refractivity contribution is 5.97. The van der Waals surface area contributed by atoms with Gasteiger partial charge in [0.2, 0.25) is 5.91 Å². The van der Waals surface area contributed by atoms with Crippen molar-refractivity contribution < 1.29 is 9.59 Å². The van der Waals surface area contributed by atoms with E-state index in [1.807, 2.05) is 4.90 Å². The van der Waals surface area contributed by atoms with Crippen LogP contribution in [0.15, 0.2) is 11.6 Å². The molecule has 1 amide bonds. The average Bonchev–Trinajstić information content (AvgIpc) is 2.70. The third-order valence-corrected chi connectivity index (χ3v) is 4.03. The number of amides is 1. The topological polar surface area (TPSA) is 37.4 Å². The molecule has 3 nitrogen and oxygen atoms in total. The van der Waals surface area contributed by atoms with Crippen LogP contribution in [0.5, 0.6) is 0 Å². The third-order valence-electron chi connectivity index (χ3n) is 4.03. The van der Waals surface area contributed by atoms with Crippen molar-refractivity contribution in [1.29, 1.82) is 0 Å². The number of carbonyl (C=O) groups excluding carboxylic acids is 2. The molecule has 3 heteroatoms. The molecule has 2 saturated heterocycles. The van der Waals surface area contributed by atoms with E-state index in [9.17, 15) is 9.59 Å². The molecule has 0 aromatic rings. The molecule has 3 rings (SSSR count). The lowest BCUT2D eigenvalue weighted by atomic mass is 9.87. The van der Waals surface area contributed by atoms with E-state index in [4.69, 9.17) is 0 Å². The molecule has 80 valence electrons. The molecule has 3 aliphatic rings. The molecular formula is C12H15NO2. The molecule has 1 aliphatic carbocycles. The SMILES string of the molecule is O=C1C=C2CCCC(=O)N3CCCC23C1. The Morgan fingerprint density at radius 1 is 1.20 bits per heavy atom. The van der Waals surface area contributed by atoms with Crippen molar-refractivity contribution in [2.24, 2.45) is 0 Å². The highest BCUT2D eigenvalue weighted by atomic mass is 16.2. The van der Waals surface area contributed by atoms with Crippen molar-refractivity contribution in [1.82, 2.24) is 4.90 Å². The van der Waals surface area contributed by atoms with E-state index < -0.39 is 0 Å². The summed E-state index contributed by atoms with van der Waals surface area (Å²) in [5, 5.41) is 0. The van der Waals surface area contributed by atoms with E-state index in [1.165, 1.54) is 5.57 Å². The lowest BCUT2D eigenvalue weighted by Crippen LogP contribution is -2.46. The summed E-state index contributed by atoms with van der Waals surface area (Å²) in [6.07, 6.45) is 6.91. The molecule has 2 aliphatic heterocycles. The standard InChI is InChI=1S/C12H15NO2/c14-10-7-9-3-1-4-11(15)13-6-2-5-12(9,13)8-10/h7H,1-6,8H2. The van der Waals surface area contributed by atoms with Crippen LogP contribution in [0.1, 0.15) is 38.5 Å². The normalized spacial score (nSPS) is 34.9. The van der Waals surface area contributed by atoms with E-state index in [2.05, 4.69) is 0 Å².